The number of hydrazone groups is 1. The number of halogens is 1. The van der Waals surface area contributed by atoms with Crippen LogP contribution < -0.4 is 15.2 Å². The molecule has 8 nitrogen and oxygen atoms in total. The number of fused-ring (bicyclic) bond motifs is 1. The predicted octanol–water partition coefficient (Wildman–Crippen LogP) is 4.95. The average molecular weight is 506 g/mol. The molecule has 0 fully saturated rings. The van der Waals surface area contributed by atoms with Crippen LogP contribution in [0.2, 0.25) is 5.02 Å². The van der Waals surface area contributed by atoms with Crippen LogP contribution in [-0.4, -0.2) is 35.4 Å². The highest BCUT2D eigenvalue weighted by Crippen LogP contribution is 2.41. The van der Waals surface area contributed by atoms with Gasteiger partial charge < -0.3 is 13.9 Å². The first-order valence-corrected chi connectivity index (χ1v) is 11.7. The molecule has 0 N–H and O–H groups in total. The molecule has 3 aromatic carbocycles. The quantitative estimate of drug-likeness (QED) is 0.370. The van der Waals surface area contributed by atoms with Crippen molar-refractivity contribution in [3.63, 3.8) is 0 Å². The van der Waals surface area contributed by atoms with Crippen LogP contribution in [0.1, 0.15) is 29.2 Å². The Bertz CT molecular complexity index is 1540. The number of hydrogen-bond acceptors (Lipinski definition) is 6. The summed E-state index contributed by atoms with van der Waals surface area (Å²) in [5, 5.41) is 6.57. The van der Waals surface area contributed by atoms with Crippen LogP contribution in [0, 0.1) is 6.92 Å². The monoisotopic (exact) mass is 505 g/mol. The van der Waals surface area contributed by atoms with Gasteiger partial charge in [0, 0.05) is 17.0 Å². The summed E-state index contributed by atoms with van der Waals surface area (Å²) < 4.78 is 17.7. The highest BCUT2D eigenvalue weighted by molar-refractivity contribution is 6.31. The third-order valence-corrected chi connectivity index (χ3v) is 6.50. The molecule has 2 heterocycles. The van der Waals surface area contributed by atoms with Crippen LogP contribution in [0.5, 0.6) is 11.5 Å². The smallest absolute Gasteiger partial charge is 0.420 e. The van der Waals surface area contributed by atoms with E-state index in [1.165, 1.54) is 9.58 Å². The number of benzene rings is 3. The first-order chi connectivity index (χ1) is 17.4. The van der Waals surface area contributed by atoms with Crippen LogP contribution >= 0.6 is 11.6 Å². The summed E-state index contributed by atoms with van der Waals surface area (Å²) >= 11 is 6.13. The number of hydrogen-bond donors (Lipinski definition) is 0. The zero-order chi connectivity index (χ0) is 25.4. The summed E-state index contributed by atoms with van der Waals surface area (Å²) in [6, 6.07) is 17.9. The van der Waals surface area contributed by atoms with Crippen molar-refractivity contribution in [2.45, 2.75) is 25.9 Å². The second kappa shape index (κ2) is 9.54. The first-order valence-electron chi connectivity index (χ1n) is 11.4. The largest absolute Gasteiger partial charge is 0.493 e. The number of oxazole rings is 1. The van der Waals surface area contributed by atoms with Gasteiger partial charge in [0.05, 0.1) is 31.5 Å². The summed E-state index contributed by atoms with van der Waals surface area (Å²) in [5.41, 5.74) is 4.35. The molecule has 0 aliphatic carbocycles. The van der Waals surface area contributed by atoms with E-state index in [9.17, 15) is 9.59 Å². The van der Waals surface area contributed by atoms with Gasteiger partial charge in [0.1, 0.15) is 6.54 Å². The van der Waals surface area contributed by atoms with E-state index < -0.39 is 11.8 Å². The number of aryl methyl sites for hydroxylation is 1. The Morgan fingerprint density at radius 1 is 1.11 bits per heavy atom. The molecule has 1 amide bonds. The van der Waals surface area contributed by atoms with Crippen LogP contribution in [0.3, 0.4) is 0 Å². The average Bonchev–Trinajstić information content (AvgIpc) is 3.45. The molecule has 0 saturated carbocycles. The molecule has 1 aromatic heterocycles. The van der Waals surface area contributed by atoms with Crippen molar-refractivity contribution in [3.8, 4) is 11.5 Å². The lowest BCUT2D eigenvalue weighted by molar-refractivity contribution is -0.133. The molecule has 4 aromatic rings. The standard InChI is InChI=1S/C27H24ClN3O5/c1-16-7-9-17(10-8-16)20-14-21(19-5-4-6-24(34-2)26(19)35-3)31(29-20)25(32)15-30-22-13-18(28)11-12-23(22)36-27(30)33/h4-13,21H,14-15H2,1-3H3. The molecule has 1 aliphatic heterocycles. The molecule has 5 rings (SSSR count). The Balaban J connectivity index is 1.57. The van der Waals surface area contributed by atoms with Gasteiger partial charge in [0.25, 0.3) is 5.91 Å². The van der Waals surface area contributed by atoms with Crippen molar-refractivity contribution in [1.29, 1.82) is 0 Å². The van der Waals surface area contributed by atoms with Gasteiger partial charge >= 0.3 is 5.76 Å². The number of nitrogens with zero attached hydrogens (tertiary/aromatic N) is 3. The zero-order valence-electron chi connectivity index (χ0n) is 20.0. The summed E-state index contributed by atoms with van der Waals surface area (Å²) in [4.78, 5) is 26.2. The van der Waals surface area contributed by atoms with Gasteiger partial charge in [-0.05, 0) is 36.8 Å². The van der Waals surface area contributed by atoms with E-state index in [0.29, 0.717) is 34.0 Å². The number of ether oxygens (including phenoxy) is 2. The zero-order valence-corrected chi connectivity index (χ0v) is 20.8. The lowest BCUT2D eigenvalue weighted by atomic mass is 9.97. The van der Waals surface area contributed by atoms with E-state index in [0.717, 1.165) is 22.4 Å². The van der Waals surface area contributed by atoms with Gasteiger partial charge in [0.15, 0.2) is 17.1 Å². The molecule has 0 radical (unpaired) electrons. The summed E-state index contributed by atoms with van der Waals surface area (Å²) in [5.74, 6) is 0.0635. The van der Waals surface area contributed by atoms with Gasteiger partial charge in [-0.15, -0.1) is 0 Å². The lowest BCUT2D eigenvalue weighted by Crippen LogP contribution is -2.33. The van der Waals surface area contributed by atoms with Crippen molar-refractivity contribution in [2.24, 2.45) is 5.10 Å². The maximum atomic E-state index is 13.7. The second-order valence-electron chi connectivity index (χ2n) is 8.52. The molecule has 0 spiro atoms. The van der Waals surface area contributed by atoms with Gasteiger partial charge in [-0.2, -0.15) is 5.10 Å². The van der Waals surface area contributed by atoms with E-state index >= 15 is 0 Å². The highest BCUT2D eigenvalue weighted by Gasteiger charge is 2.36. The molecule has 9 heteroatoms. The SMILES string of the molecule is COc1cccc(C2CC(c3ccc(C)cc3)=NN2C(=O)Cn2c(=O)oc3ccc(Cl)cc32)c1OC. The Labute approximate surface area is 212 Å². The molecule has 0 bridgehead atoms. The third kappa shape index (κ3) is 4.24. The van der Waals surface area contributed by atoms with Gasteiger partial charge in [-0.3, -0.25) is 9.36 Å². The summed E-state index contributed by atoms with van der Waals surface area (Å²) in [7, 11) is 3.13. The topological polar surface area (TPSA) is 86.3 Å². The number of rotatable bonds is 6. The molecular weight excluding hydrogens is 482 g/mol. The maximum absolute atomic E-state index is 13.7. The Morgan fingerprint density at radius 3 is 2.61 bits per heavy atom. The fraction of sp³-hybridized carbons (Fsp3) is 0.222. The normalized spacial score (nSPS) is 15.3. The van der Waals surface area contributed by atoms with Crippen LogP contribution in [0.15, 0.2) is 75.0 Å². The van der Waals surface area contributed by atoms with E-state index in [4.69, 9.17) is 30.6 Å². The number of methoxy groups -OCH3 is 2. The van der Waals surface area contributed by atoms with E-state index in [1.807, 2.05) is 43.3 Å². The van der Waals surface area contributed by atoms with Crippen molar-refractivity contribution in [3.05, 3.63) is 92.9 Å². The summed E-state index contributed by atoms with van der Waals surface area (Å²) in [6.45, 7) is 1.75. The minimum Gasteiger partial charge on any atom is -0.493 e. The number of amides is 1. The van der Waals surface area contributed by atoms with Crippen LogP contribution in [-0.2, 0) is 11.3 Å². The van der Waals surface area contributed by atoms with E-state index in [2.05, 4.69) is 0 Å². The third-order valence-electron chi connectivity index (χ3n) is 6.27. The second-order valence-corrected chi connectivity index (χ2v) is 8.96. The van der Waals surface area contributed by atoms with E-state index in [1.54, 1.807) is 38.5 Å². The van der Waals surface area contributed by atoms with Crippen molar-refractivity contribution >= 4 is 34.3 Å². The number of carbonyl (C=O) groups is 1. The van der Waals surface area contributed by atoms with Gasteiger partial charge in [-0.1, -0.05) is 53.6 Å². The molecule has 1 aliphatic rings. The fourth-order valence-electron chi connectivity index (χ4n) is 4.47. The Hall–Kier alpha value is -4.04. The van der Waals surface area contributed by atoms with Crippen molar-refractivity contribution < 1.29 is 18.7 Å². The molecular formula is C27H24ClN3O5. The van der Waals surface area contributed by atoms with Gasteiger partial charge in [-0.25, -0.2) is 9.80 Å². The molecule has 184 valence electrons. The minimum absolute atomic E-state index is 0.264. The molecule has 1 atom stereocenters. The number of aromatic nitrogens is 1. The summed E-state index contributed by atoms with van der Waals surface area (Å²) in [6.07, 6.45) is 0.463. The molecule has 1 unspecified atom stereocenters. The minimum atomic E-state index is -0.641. The fourth-order valence-corrected chi connectivity index (χ4v) is 4.64. The van der Waals surface area contributed by atoms with Crippen molar-refractivity contribution in [1.82, 2.24) is 9.58 Å². The van der Waals surface area contributed by atoms with E-state index in [-0.39, 0.29) is 12.5 Å². The van der Waals surface area contributed by atoms with Crippen molar-refractivity contribution in [2.75, 3.05) is 14.2 Å². The number of para-hydroxylation sites is 1. The Kier molecular flexibility index (Phi) is 6.28. The predicted molar refractivity (Wildman–Crippen MR) is 137 cm³/mol. The lowest BCUT2D eigenvalue weighted by Gasteiger charge is -2.24. The first kappa shape index (κ1) is 23.7. The highest BCUT2D eigenvalue weighted by atomic mass is 35.5. The molecule has 0 saturated heterocycles. The van der Waals surface area contributed by atoms with Crippen LogP contribution in [0.25, 0.3) is 11.1 Å². The van der Waals surface area contributed by atoms with Crippen LogP contribution in [0.4, 0.5) is 0 Å². The Morgan fingerprint density at radius 2 is 1.89 bits per heavy atom. The molecule has 36 heavy (non-hydrogen) atoms. The maximum Gasteiger partial charge on any atom is 0.420 e. The van der Waals surface area contributed by atoms with Gasteiger partial charge in [0.2, 0.25) is 0 Å². The number of carbonyl (C=O) groups excluding carboxylic acids is 1.